The van der Waals surface area contributed by atoms with Gasteiger partial charge in [0.1, 0.15) is 17.7 Å². The lowest BCUT2D eigenvalue weighted by Crippen LogP contribution is -2.48. The van der Waals surface area contributed by atoms with Crippen molar-refractivity contribution in [1.29, 1.82) is 0 Å². The van der Waals surface area contributed by atoms with Gasteiger partial charge >= 0.3 is 11.9 Å². The molecule has 2 aromatic rings. The van der Waals surface area contributed by atoms with Crippen LogP contribution in [0.5, 0.6) is 5.75 Å². The van der Waals surface area contributed by atoms with E-state index in [0.29, 0.717) is 11.3 Å². The highest BCUT2D eigenvalue weighted by Gasteiger charge is 2.40. The van der Waals surface area contributed by atoms with Crippen LogP contribution in [-0.2, 0) is 29.1 Å². The Hall–Kier alpha value is -2.91. The first-order valence-electron chi connectivity index (χ1n) is 9.21. The van der Waals surface area contributed by atoms with Gasteiger partial charge in [-0.15, -0.1) is 0 Å². The highest BCUT2D eigenvalue weighted by molar-refractivity contribution is 7.89. The van der Waals surface area contributed by atoms with E-state index in [9.17, 15) is 18.0 Å². The molecule has 0 aliphatic heterocycles. The molecule has 2 rings (SSSR count). The number of hydrogen-bond donors (Lipinski definition) is 1. The number of aryl methyl sites for hydroxylation is 1. The van der Waals surface area contributed by atoms with Gasteiger partial charge < -0.3 is 14.2 Å². The number of carbonyl (C=O) groups excluding carboxylic acids is 2. The van der Waals surface area contributed by atoms with E-state index in [1.807, 2.05) is 6.92 Å². The van der Waals surface area contributed by atoms with E-state index in [1.54, 1.807) is 43.3 Å². The number of nitrogens with one attached hydrogen (secondary N) is 1. The maximum atomic E-state index is 12.9. The van der Waals surface area contributed by atoms with Gasteiger partial charge in [-0.1, -0.05) is 29.8 Å². The van der Waals surface area contributed by atoms with E-state index in [1.165, 1.54) is 19.2 Å². The van der Waals surface area contributed by atoms with Gasteiger partial charge in [0.05, 0.1) is 25.7 Å². The summed E-state index contributed by atoms with van der Waals surface area (Å²) in [5.74, 6) is -2.40. The molecule has 0 saturated carbocycles. The Morgan fingerprint density at radius 1 is 0.967 bits per heavy atom. The molecule has 0 aliphatic rings. The molecule has 2 atom stereocenters. The maximum absolute atomic E-state index is 12.9. The summed E-state index contributed by atoms with van der Waals surface area (Å²) in [6, 6.07) is 10.9. The van der Waals surface area contributed by atoms with Crippen LogP contribution in [-0.4, -0.2) is 47.2 Å². The highest BCUT2D eigenvalue weighted by Crippen LogP contribution is 2.26. The van der Waals surface area contributed by atoms with E-state index in [-0.39, 0.29) is 11.5 Å². The lowest BCUT2D eigenvalue weighted by molar-refractivity contribution is -0.152. The summed E-state index contributed by atoms with van der Waals surface area (Å²) in [4.78, 5) is 25.2. The summed E-state index contributed by atoms with van der Waals surface area (Å²) < 4.78 is 43.2. The van der Waals surface area contributed by atoms with Gasteiger partial charge in [-0.05, 0) is 43.7 Å². The standard InChI is InChI=1S/C21H25NO7S/c1-5-29-21(24)19(22-30(25,26)17-12-6-14(2)7-13-17)18(20(23)28-4)15-8-10-16(27-3)11-9-15/h6-13,18-19,22H,5H2,1-4H3/t18-,19+/m0/s1. The first-order chi connectivity index (χ1) is 14.2. The van der Waals surface area contributed by atoms with Crippen LogP contribution in [0.15, 0.2) is 53.4 Å². The minimum atomic E-state index is -4.13. The molecule has 0 heterocycles. The van der Waals surface area contributed by atoms with E-state index in [0.717, 1.165) is 12.7 Å². The molecule has 0 aliphatic carbocycles. The lowest BCUT2D eigenvalue weighted by atomic mass is 9.92. The molecule has 0 radical (unpaired) electrons. The Kier molecular flexibility index (Phi) is 7.96. The van der Waals surface area contributed by atoms with Gasteiger partial charge in [-0.3, -0.25) is 9.59 Å². The molecule has 1 N–H and O–H groups in total. The summed E-state index contributed by atoms with van der Waals surface area (Å²) in [7, 11) is -1.48. The highest BCUT2D eigenvalue weighted by atomic mass is 32.2. The third-order valence-electron chi connectivity index (χ3n) is 4.42. The Labute approximate surface area is 176 Å². The van der Waals surface area contributed by atoms with Crippen molar-refractivity contribution in [2.45, 2.75) is 30.7 Å². The van der Waals surface area contributed by atoms with Crippen LogP contribution in [0.2, 0.25) is 0 Å². The van der Waals surface area contributed by atoms with Crippen LogP contribution < -0.4 is 9.46 Å². The molecule has 162 valence electrons. The normalized spacial score (nSPS) is 13.2. The van der Waals surface area contributed by atoms with Crippen LogP contribution in [0.3, 0.4) is 0 Å². The van der Waals surface area contributed by atoms with Crippen LogP contribution in [0.4, 0.5) is 0 Å². The third kappa shape index (κ3) is 5.58. The summed E-state index contributed by atoms with van der Waals surface area (Å²) in [5.41, 5.74) is 1.24. The first kappa shape index (κ1) is 23.4. The van der Waals surface area contributed by atoms with Gasteiger partial charge in [0.2, 0.25) is 10.0 Å². The summed E-state index contributed by atoms with van der Waals surface area (Å²) in [5, 5.41) is 0. The zero-order chi connectivity index (χ0) is 22.3. The van der Waals surface area contributed by atoms with Crippen LogP contribution in [0, 0.1) is 6.92 Å². The minimum absolute atomic E-state index is 0.0120. The molecule has 0 spiro atoms. The Balaban J connectivity index is 2.51. The molecule has 0 unspecified atom stereocenters. The number of esters is 2. The molecule has 8 nitrogen and oxygen atoms in total. The van der Waals surface area contributed by atoms with Crippen molar-refractivity contribution in [2.24, 2.45) is 0 Å². The second-order valence-electron chi connectivity index (χ2n) is 6.44. The Morgan fingerprint density at radius 3 is 2.07 bits per heavy atom. The van der Waals surface area contributed by atoms with E-state index in [4.69, 9.17) is 14.2 Å². The monoisotopic (exact) mass is 435 g/mol. The molecule has 0 saturated heterocycles. The Bertz CT molecular complexity index is 969. The lowest BCUT2D eigenvalue weighted by Gasteiger charge is -2.25. The zero-order valence-electron chi connectivity index (χ0n) is 17.2. The minimum Gasteiger partial charge on any atom is -0.497 e. The van der Waals surface area contributed by atoms with Crippen molar-refractivity contribution < 1.29 is 32.2 Å². The van der Waals surface area contributed by atoms with Crippen molar-refractivity contribution >= 4 is 22.0 Å². The fourth-order valence-corrected chi connectivity index (χ4v) is 4.04. The molecule has 30 heavy (non-hydrogen) atoms. The number of sulfonamides is 1. The first-order valence-corrected chi connectivity index (χ1v) is 10.7. The number of ether oxygens (including phenoxy) is 3. The second-order valence-corrected chi connectivity index (χ2v) is 8.15. The van der Waals surface area contributed by atoms with Crippen LogP contribution >= 0.6 is 0 Å². The SMILES string of the molecule is CCOC(=O)[C@H](NS(=O)(=O)c1ccc(C)cc1)[C@@H](C(=O)OC)c1ccc(OC)cc1. The summed E-state index contributed by atoms with van der Waals surface area (Å²) in [6.45, 7) is 3.42. The average molecular weight is 435 g/mol. The molecule has 0 fully saturated rings. The van der Waals surface area contributed by atoms with Crippen LogP contribution in [0.25, 0.3) is 0 Å². The molecular weight excluding hydrogens is 410 g/mol. The topological polar surface area (TPSA) is 108 Å². The van der Waals surface area contributed by atoms with E-state index in [2.05, 4.69) is 4.72 Å². The van der Waals surface area contributed by atoms with Gasteiger partial charge in [0, 0.05) is 0 Å². The molecule has 0 aromatic heterocycles. The fraction of sp³-hybridized carbons (Fsp3) is 0.333. The van der Waals surface area contributed by atoms with Crippen molar-refractivity contribution in [2.75, 3.05) is 20.8 Å². The van der Waals surface area contributed by atoms with Crippen molar-refractivity contribution in [3.05, 3.63) is 59.7 Å². The summed E-state index contributed by atoms with van der Waals surface area (Å²) >= 11 is 0. The number of hydrogen-bond acceptors (Lipinski definition) is 7. The van der Waals surface area contributed by atoms with Gasteiger partial charge in [0.15, 0.2) is 0 Å². The number of carbonyl (C=O) groups is 2. The Morgan fingerprint density at radius 2 is 1.57 bits per heavy atom. The van der Waals surface area contributed by atoms with E-state index < -0.39 is 33.9 Å². The summed E-state index contributed by atoms with van der Waals surface area (Å²) in [6.07, 6.45) is 0. The predicted octanol–water partition coefficient (Wildman–Crippen LogP) is 2.17. The van der Waals surface area contributed by atoms with Crippen molar-refractivity contribution in [3.8, 4) is 5.75 Å². The number of benzene rings is 2. The van der Waals surface area contributed by atoms with Crippen LogP contribution in [0.1, 0.15) is 24.0 Å². The predicted molar refractivity (Wildman–Crippen MR) is 110 cm³/mol. The molecule has 2 aromatic carbocycles. The molecule has 0 bridgehead atoms. The second kappa shape index (κ2) is 10.2. The van der Waals surface area contributed by atoms with Gasteiger partial charge in [0.25, 0.3) is 0 Å². The van der Waals surface area contributed by atoms with E-state index >= 15 is 0 Å². The molecule has 9 heteroatoms. The van der Waals surface area contributed by atoms with Crippen molar-refractivity contribution in [3.63, 3.8) is 0 Å². The largest absolute Gasteiger partial charge is 0.497 e. The molecular formula is C21H25NO7S. The van der Waals surface area contributed by atoms with Crippen molar-refractivity contribution in [1.82, 2.24) is 4.72 Å². The smallest absolute Gasteiger partial charge is 0.325 e. The number of rotatable bonds is 9. The molecule has 0 amide bonds. The van der Waals surface area contributed by atoms with Gasteiger partial charge in [-0.25, -0.2) is 8.42 Å². The zero-order valence-corrected chi connectivity index (χ0v) is 18.1. The average Bonchev–Trinajstić information content (AvgIpc) is 2.74. The van der Waals surface area contributed by atoms with Gasteiger partial charge in [-0.2, -0.15) is 4.72 Å². The quantitative estimate of drug-likeness (QED) is 0.602. The third-order valence-corrected chi connectivity index (χ3v) is 5.87. The number of methoxy groups -OCH3 is 2. The maximum Gasteiger partial charge on any atom is 0.325 e. The fourth-order valence-electron chi connectivity index (χ4n) is 2.84.